The van der Waals surface area contributed by atoms with Crippen molar-refractivity contribution in [2.24, 2.45) is 0 Å². The number of halogens is 3. The fourth-order valence-corrected chi connectivity index (χ4v) is 3.67. The Balaban J connectivity index is 1.69. The molecule has 1 aliphatic rings. The number of amides is 1. The van der Waals surface area contributed by atoms with E-state index in [1.165, 1.54) is 31.6 Å². The molecule has 1 fully saturated rings. The third-order valence-electron chi connectivity index (χ3n) is 4.93. The lowest BCUT2D eigenvalue weighted by atomic mass is 9.96. The van der Waals surface area contributed by atoms with Crippen molar-refractivity contribution in [3.8, 4) is 11.6 Å². The van der Waals surface area contributed by atoms with Crippen molar-refractivity contribution in [1.82, 2.24) is 19.9 Å². The molecule has 1 aliphatic heterocycles. The zero-order chi connectivity index (χ0) is 23.0. The molecule has 1 aromatic carbocycles. The molecule has 3 aromatic rings. The Bertz CT molecular complexity index is 1230. The monoisotopic (exact) mass is 477 g/mol. The minimum absolute atomic E-state index is 0.0732. The molecule has 0 unspecified atom stereocenters. The molecule has 4 rings (SSSR count). The Kier molecular flexibility index (Phi) is 5.79. The number of likely N-dealkylation sites (tertiary alicyclic amines) is 1. The molecule has 3 heterocycles. The molecule has 0 bridgehead atoms. The largest absolute Gasteiger partial charge is 0.491 e. The number of hydrogen-bond donors (Lipinski definition) is 1. The van der Waals surface area contributed by atoms with Gasteiger partial charge in [0.05, 0.1) is 41.4 Å². The minimum Gasteiger partial charge on any atom is -0.491 e. The summed E-state index contributed by atoms with van der Waals surface area (Å²) in [5, 5.41) is 2.77. The van der Waals surface area contributed by atoms with Crippen LogP contribution in [0.4, 0.5) is 15.9 Å². The molecule has 1 N–H and O–H groups in total. The van der Waals surface area contributed by atoms with Gasteiger partial charge in [0.1, 0.15) is 17.4 Å². The lowest BCUT2D eigenvalue weighted by molar-refractivity contribution is -0.143. The van der Waals surface area contributed by atoms with E-state index in [2.05, 4.69) is 26.8 Å². The molecular weight excluding hydrogens is 460 g/mol. The third-order valence-corrected chi connectivity index (χ3v) is 5.71. The molecule has 166 valence electrons. The topological polar surface area (TPSA) is 89.5 Å². The normalized spacial score (nSPS) is 14.6. The summed E-state index contributed by atoms with van der Waals surface area (Å²) in [7, 11) is 1.48. The molecule has 11 heteroatoms. The van der Waals surface area contributed by atoms with Crippen molar-refractivity contribution in [3.05, 3.63) is 53.0 Å². The number of methoxy groups -OCH3 is 1. The van der Waals surface area contributed by atoms with Gasteiger partial charge >= 0.3 is 0 Å². The number of rotatable bonds is 6. The molecule has 1 amide bonds. The Morgan fingerprint density at radius 1 is 1.34 bits per heavy atom. The molecule has 0 atom stereocenters. The Morgan fingerprint density at radius 3 is 2.78 bits per heavy atom. The fraction of sp³-hybridized carbons (Fsp3) is 0.238. The highest BCUT2D eigenvalue weighted by Gasteiger charge is 2.43. The standard InChI is InChI=1S/C21H18Cl2FN5O3/c1-4-15(30)29-8-21(2,9-29)32-20-14(31-3)7-13-18(28-20)19(26-10-25-13)27-12-6-5-11(22)16(23)17(12)24/h4-7,10H,1,8-9H2,2-3H3,(H,25,26,27). The first-order valence-corrected chi connectivity index (χ1v) is 10.2. The van der Waals surface area contributed by atoms with Crippen LogP contribution < -0.4 is 14.8 Å². The first kappa shape index (κ1) is 22.0. The molecule has 1 saturated heterocycles. The van der Waals surface area contributed by atoms with Gasteiger partial charge in [-0.25, -0.2) is 19.3 Å². The summed E-state index contributed by atoms with van der Waals surface area (Å²) in [5.74, 6) is -0.0989. The first-order chi connectivity index (χ1) is 15.2. The highest BCUT2D eigenvalue weighted by Crippen LogP contribution is 2.37. The summed E-state index contributed by atoms with van der Waals surface area (Å²) < 4.78 is 26.0. The van der Waals surface area contributed by atoms with Crippen molar-refractivity contribution in [3.63, 3.8) is 0 Å². The summed E-state index contributed by atoms with van der Waals surface area (Å²) in [4.78, 5) is 26.3. The second-order valence-corrected chi connectivity index (χ2v) is 8.17. The van der Waals surface area contributed by atoms with E-state index >= 15 is 0 Å². The maximum absolute atomic E-state index is 14.5. The van der Waals surface area contributed by atoms with Crippen molar-refractivity contribution in [2.45, 2.75) is 12.5 Å². The van der Waals surface area contributed by atoms with Crippen LogP contribution in [0.25, 0.3) is 11.0 Å². The first-order valence-electron chi connectivity index (χ1n) is 9.45. The van der Waals surface area contributed by atoms with Crippen molar-refractivity contribution < 1.29 is 18.7 Å². The van der Waals surface area contributed by atoms with Crippen LogP contribution in [0, 0.1) is 5.82 Å². The molecule has 32 heavy (non-hydrogen) atoms. The smallest absolute Gasteiger partial charge is 0.258 e. The highest BCUT2D eigenvalue weighted by molar-refractivity contribution is 6.42. The molecule has 0 spiro atoms. The molecule has 2 aromatic heterocycles. The summed E-state index contributed by atoms with van der Waals surface area (Å²) in [6.07, 6.45) is 2.57. The molecule has 8 nitrogen and oxygen atoms in total. The van der Waals surface area contributed by atoms with Crippen molar-refractivity contribution >= 4 is 51.6 Å². The number of carbonyl (C=O) groups is 1. The Morgan fingerprint density at radius 2 is 2.09 bits per heavy atom. The third kappa shape index (κ3) is 4.01. The number of hydrogen-bond acceptors (Lipinski definition) is 7. The van der Waals surface area contributed by atoms with Crippen molar-refractivity contribution in [1.29, 1.82) is 0 Å². The fourth-order valence-electron chi connectivity index (χ4n) is 3.36. The lowest BCUT2D eigenvalue weighted by Gasteiger charge is -2.46. The summed E-state index contributed by atoms with van der Waals surface area (Å²) >= 11 is 11.8. The van der Waals surface area contributed by atoms with E-state index in [-0.39, 0.29) is 33.3 Å². The number of ether oxygens (including phenoxy) is 2. The Hall–Kier alpha value is -3.17. The van der Waals surface area contributed by atoms with Gasteiger partial charge in [0.25, 0.3) is 5.88 Å². The van der Waals surface area contributed by atoms with Crippen LogP contribution in [0.15, 0.2) is 37.2 Å². The highest BCUT2D eigenvalue weighted by atomic mass is 35.5. The van der Waals surface area contributed by atoms with Gasteiger partial charge in [0, 0.05) is 6.07 Å². The van der Waals surface area contributed by atoms with Crippen LogP contribution in [-0.2, 0) is 4.79 Å². The maximum atomic E-state index is 14.5. The summed E-state index contributed by atoms with van der Waals surface area (Å²) in [6, 6.07) is 4.56. The Labute approximate surface area is 193 Å². The predicted molar refractivity (Wildman–Crippen MR) is 119 cm³/mol. The predicted octanol–water partition coefficient (Wildman–Crippen LogP) is 4.39. The van der Waals surface area contributed by atoms with Gasteiger partial charge in [-0.15, -0.1) is 0 Å². The van der Waals surface area contributed by atoms with Crippen LogP contribution in [0.2, 0.25) is 10.0 Å². The van der Waals surface area contributed by atoms with E-state index in [0.717, 1.165) is 0 Å². The van der Waals surface area contributed by atoms with Gasteiger partial charge < -0.3 is 19.7 Å². The van der Waals surface area contributed by atoms with Gasteiger partial charge in [-0.3, -0.25) is 4.79 Å². The summed E-state index contributed by atoms with van der Waals surface area (Å²) in [6.45, 7) is 6.08. The number of pyridine rings is 1. The van der Waals surface area contributed by atoms with Gasteiger partial charge in [-0.05, 0) is 25.1 Å². The van der Waals surface area contributed by atoms with Crippen LogP contribution in [-0.4, -0.2) is 51.6 Å². The van der Waals surface area contributed by atoms with E-state index < -0.39 is 11.4 Å². The number of fused-ring (bicyclic) bond motifs is 1. The van der Waals surface area contributed by atoms with E-state index in [0.29, 0.717) is 29.9 Å². The van der Waals surface area contributed by atoms with Gasteiger partial charge in [-0.2, -0.15) is 0 Å². The number of nitrogens with zero attached hydrogens (tertiary/aromatic N) is 4. The van der Waals surface area contributed by atoms with Crippen molar-refractivity contribution in [2.75, 3.05) is 25.5 Å². The number of aromatic nitrogens is 3. The van der Waals surface area contributed by atoms with E-state index in [1.54, 1.807) is 11.0 Å². The molecule has 0 saturated carbocycles. The molecular formula is C21H18Cl2FN5O3. The number of nitrogens with one attached hydrogen (secondary N) is 1. The zero-order valence-corrected chi connectivity index (χ0v) is 18.7. The average molecular weight is 478 g/mol. The minimum atomic E-state index is -0.718. The second kappa shape index (κ2) is 8.40. The van der Waals surface area contributed by atoms with Gasteiger partial charge in [0.2, 0.25) is 5.91 Å². The van der Waals surface area contributed by atoms with E-state index in [9.17, 15) is 9.18 Å². The molecule has 0 aliphatic carbocycles. The van der Waals surface area contributed by atoms with Gasteiger partial charge in [0.15, 0.2) is 17.4 Å². The van der Waals surface area contributed by atoms with E-state index in [1.807, 2.05) is 6.92 Å². The van der Waals surface area contributed by atoms with E-state index in [4.69, 9.17) is 32.7 Å². The number of carbonyl (C=O) groups excluding carboxylic acids is 1. The van der Waals surface area contributed by atoms with Gasteiger partial charge in [-0.1, -0.05) is 29.8 Å². The summed E-state index contributed by atoms with van der Waals surface area (Å²) in [5.41, 5.74) is 0.195. The zero-order valence-electron chi connectivity index (χ0n) is 17.2. The number of anilines is 2. The molecule has 0 radical (unpaired) electrons. The maximum Gasteiger partial charge on any atom is 0.258 e. The van der Waals surface area contributed by atoms with Crippen LogP contribution in [0.1, 0.15) is 6.92 Å². The quantitative estimate of drug-likeness (QED) is 0.415. The SMILES string of the molecule is C=CC(=O)N1CC(C)(Oc2nc3c(Nc4ccc(Cl)c(Cl)c4F)ncnc3cc2OC)C1. The second-order valence-electron chi connectivity index (χ2n) is 7.38. The van der Waals surface area contributed by atoms with Crippen LogP contribution in [0.3, 0.4) is 0 Å². The van der Waals surface area contributed by atoms with Crippen LogP contribution >= 0.6 is 23.2 Å². The lowest BCUT2D eigenvalue weighted by Crippen LogP contribution is -2.64. The average Bonchev–Trinajstić information content (AvgIpc) is 2.77. The number of benzene rings is 1. The van der Waals surface area contributed by atoms with Crippen LogP contribution in [0.5, 0.6) is 11.6 Å².